The fourth-order valence-corrected chi connectivity index (χ4v) is 2.08. The van der Waals surface area contributed by atoms with E-state index in [4.69, 9.17) is 9.47 Å². The van der Waals surface area contributed by atoms with E-state index >= 15 is 0 Å². The molecule has 1 aromatic carbocycles. The Balaban J connectivity index is 1.85. The predicted octanol–water partition coefficient (Wildman–Crippen LogP) is 3.44. The molecule has 0 atom stereocenters. The summed E-state index contributed by atoms with van der Waals surface area (Å²) < 4.78 is 10.1. The predicted molar refractivity (Wildman–Crippen MR) is 67.1 cm³/mol. The number of carbonyl (C=O) groups is 1. The maximum atomic E-state index is 11.5. The molecule has 6 nitrogen and oxygen atoms in total. The zero-order chi connectivity index (χ0) is 13.7. The van der Waals surface area contributed by atoms with E-state index in [0.29, 0.717) is 0 Å². The maximum Gasteiger partial charge on any atom is 0.514 e. The van der Waals surface area contributed by atoms with E-state index in [1.165, 1.54) is 30.7 Å². The molecular weight excluding hydrogens is 250 g/mol. The fraction of sp³-hybridized carbons (Fsp3) is 0.462. The van der Waals surface area contributed by atoms with Crippen molar-refractivity contribution >= 4 is 11.8 Å². The average molecular weight is 265 g/mol. The summed E-state index contributed by atoms with van der Waals surface area (Å²) in [5.41, 5.74) is -0.0482. The third-order valence-electron chi connectivity index (χ3n) is 3.06. The molecular formula is C13H15NO5. The van der Waals surface area contributed by atoms with Crippen LogP contribution in [0.3, 0.4) is 0 Å². The van der Waals surface area contributed by atoms with Crippen molar-refractivity contribution in [2.24, 2.45) is 0 Å². The Morgan fingerprint density at radius 3 is 2.37 bits per heavy atom. The number of ether oxygens (including phenoxy) is 2. The molecule has 2 rings (SSSR count). The Labute approximate surface area is 110 Å². The first-order valence-corrected chi connectivity index (χ1v) is 6.28. The minimum atomic E-state index is -0.749. The summed E-state index contributed by atoms with van der Waals surface area (Å²) in [7, 11) is 0. The van der Waals surface area contributed by atoms with E-state index in [-0.39, 0.29) is 17.5 Å². The van der Waals surface area contributed by atoms with Gasteiger partial charge in [0.2, 0.25) is 0 Å². The van der Waals surface area contributed by atoms with Crippen LogP contribution in [0.25, 0.3) is 0 Å². The third-order valence-corrected chi connectivity index (χ3v) is 3.06. The van der Waals surface area contributed by atoms with E-state index in [2.05, 4.69) is 0 Å². The van der Waals surface area contributed by atoms with Crippen molar-refractivity contribution in [1.82, 2.24) is 0 Å². The van der Waals surface area contributed by atoms with E-state index in [9.17, 15) is 14.9 Å². The highest BCUT2D eigenvalue weighted by Crippen LogP contribution is 2.22. The molecule has 0 N–H and O–H groups in total. The lowest BCUT2D eigenvalue weighted by molar-refractivity contribution is -0.384. The van der Waals surface area contributed by atoms with Crippen LogP contribution in [0.5, 0.6) is 5.75 Å². The third kappa shape index (κ3) is 3.94. The van der Waals surface area contributed by atoms with Gasteiger partial charge in [0.05, 0.1) is 4.92 Å². The standard InChI is InChI=1S/C13H15NO5/c15-13(18-11-4-2-1-3-5-11)19-12-8-6-10(7-9-12)14(16)17/h6-9,11H,1-5H2. The Hall–Kier alpha value is -2.11. The van der Waals surface area contributed by atoms with Crippen LogP contribution in [0, 0.1) is 10.1 Å². The summed E-state index contributed by atoms with van der Waals surface area (Å²) in [5, 5.41) is 10.5. The zero-order valence-electron chi connectivity index (χ0n) is 10.4. The van der Waals surface area contributed by atoms with Gasteiger partial charge in [-0.1, -0.05) is 6.42 Å². The summed E-state index contributed by atoms with van der Waals surface area (Å²) >= 11 is 0. The van der Waals surface area contributed by atoms with Gasteiger partial charge >= 0.3 is 6.16 Å². The highest BCUT2D eigenvalue weighted by molar-refractivity contribution is 5.64. The largest absolute Gasteiger partial charge is 0.514 e. The number of nitro groups is 1. The molecule has 0 aromatic heterocycles. The second kappa shape index (κ2) is 6.17. The van der Waals surface area contributed by atoms with E-state index in [1.54, 1.807) is 0 Å². The van der Waals surface area contributed by atoms with Gasteiger partial charge in [0.15, 0.2) is 0 Å². The molecule has 0 bridgehead atoms. The number of hydrogen-bond donors (Lipinski definition) is 0. The minimum Gasteiger partial charge on any atom is -0.431 e. The Kier molecular flexibility index (Phi) is 4.33. The lowest BCUT2D eigenvalue weighted by Crippen LogP contribution is -2.23. The van der Waals surface area contributed by atoms with Gasteiger partial charge in [-0.2, -0.15) is 0 Å². The first kappa shape index (κ1) is 13.3. The molecule has 102 valence electrons. The quantitative estimate of drug-likeness (QED) is 0.362. The van der Waals surface area contributed by atoms with Crippen LogP contribution in [0.15, 0.2) is 24.3 Å². The van der Waals surface area contributed by atoms with Crippen LogP contribution >= 0.6 is 0 Å². The van der Waals surface area contributed by atoms with Crippen LogP contribution in [0.4, 0.5) is 10.5 Å². The molecule has 1 fully saturated rings. The van der Waals surface area contributed by atoms with Crippen molar-refractivity contribution in [2.45, 2.75) is 38.2 Å². The number of nitro benzene ring substituents is 1. The molecule has 1 saturated carbocycles. The van der Waals surface area contributed by atoms with Gasteiger partial charge in [-0.25, -0.2) is 4.79 Å². The molecule has 1 aromatic rings. The second-order valence-electron chi connectivity index (χ2n) is 4.48. The molecule has 19 heavy (non-hydrogen) atoms. The number of nitrogens with zero attached hydrogens (tertiary/aromatic N) is 1. The molecule has 0 radical (unpaired) electrons. The smallest absolute Gasteiger partial charge is 0.431 e. The summed E-state index contributed by atoms with van der Waals surface area (Å²) in [6, 6.07) is 5.31. The van der Waals surface area contributed by atoms with E-state index in [0.717, 1.165) is 25.7 Å². The summed E-state index contributed by atoms with van der Waals surface area (Å²) in [5.74, 6) is 0.242. The van der Waals surface area contributed by atoms with Gasteiger partial charge in [0, 0.05) is 12.1 Å². The molecule has 0 spiro atoms. The molecule has 1 aliphatic rings. The van der Waals surface area contributed by atoms with Crippen molar-refractivity contribution in [3.63, 3.8) is 0 Å². The summed E-state index contributed by atoms with van der Waals surface area (Å²) in [6.45, 7) is 0. The van der Waals surface area contributed by atoms with Crippen molar-refractivity contribution in [3.8, 4) is 5.75 Å². The van der Waals surface area contributed by atoms with Crippen LogP contribution in [-0.2, 0) is 4.74 Å². The summed E-state index contributed by atoms with van der Waals surface area (Å²) in [6.07, 6.45) is 4.23. The Morgan fingerprint density at radius 1 is 1.16 bits per heavy atom. The Morgan fingerprint density at radius 2 is 1.79 bits per heavy atom. The molecule has 6 heteroatoms. The highest BCUT2D eigenvalue weighted by atomic mass is 16.7. The summed E-state index contributed by atoms with van der Waals surface area (Å²) in [4.78, 5) is 21.5. The zero-order valence-corrected chi connectivity index (χ0v) is 10.4. The second-order valence-corrected chi connectivity index (χ2v) is 4.48. The minimum absolute atomic E-state index is 0.0482. The van der Waals surface area contributed by atoms with Gasteiger partial charge in [0.25, 0.3) is 5.69 Å². The molecule has 0 amide bonds. The van der Waals surface area contributed by atoms with E-state index in [1.807, 2.05) is 0 Å². The van der Waals surface area contributed by atoms with Gasteiger partial charge < -0.3 is 9.47 Å². The van der Waals surface area contributed by atoms with Gasteiger partial charge in [-0.3, -0.25) is 10.1 Å². The van der Waals surface area contributed by atoms with Crippen LogP contribution in [-0.4, -0.2) is 17.2 Å². The lowest BCUT2D eigenvalue weighted by atomic mass is 9.98. The van der Waals surface area contributed by atoms with Crippen LogP contribution in [0.1, 0.15) is 32.1 Å². The number of non-ortho nitro benzene ring substituents is 1. The van der Waals surface area contributed by atoms with Crippen LogP contribution < -0.4 is 4.74 Å². The van der Waals surface area contributed by atoms with Crippen LogP contribution in [0.2, 0.25) is 0 Å². The highest BCUT2D eigenvalue weighted by Gasteiger charge is 2.19. The number of carbonyl (C=O) groups excluding carboxylic acids is 1. The number of rotatable bonds is 3. The number of hydrogen-bond acceptors (Lipinski definition) is 5. The van der Waals surface area contributed by atoms with Gasteiger partial charge in [-0.15, -0.1) is 0 Å². The van der Waals surface area contributed by atoms with Crippen molar-refractivity contribution < 1.29 is 19.2 Å². The molecule has 0 aliphatic heterocycles. The normalized spacial score (nSPS) is 15.8. The van der Waals surface area contributed by atoms with Crippen molar-refractivity contribution in [2.75, 3.05) is 0 Å². The topological polar surface area (TPSA) is 78.7 Å². The first-order chi connectivity index (χ1) is 9.15. The molecule has 0 heterocycles. The van der Waals surface area contributed by atoms with Crippen molar-refractivity contribution in [1.29, 1.82) is 0 Å². The molecule has 0 unspecified atom stereocenters. The number of benzene rings is 1. The SMILES string of the molecule is O=C(Oc1ccc([N+](=O)[O-])cc1)OC1CCCCC1. The van der Waals surface area contributed by atoms with Gasteiger partial charge in [0.1, 0.15) is 11.9 Å². The maximum absolute atomic E-state index is 11.5. The van der Waals surface area contributed by atoms with Crippen molar-refractivity contribution in [3.05, 3.63) is 34.4 Å². The molecule has 0 saturated heterocycles. The average Bonchev–Trinajstić information content (AvgIpc) is 2.40. The monoisotopic (exact) mass is 265 g/mol. The lowest BCUT2D eigenvalue weighted by Gasteiger charge is -2.21. The molecule has 1 aliphatic carbocycles. The fourth-order valence-electron chi connectivity index (χ4n) is 2.08. The van der Waals surface area contributed by atoms with E-state index < -0.39 is 11.1 Å². The van der Waals surface area contributed by atoms with Gasteiger partial charge in [-0.05, 0) is 37.8 Å². The first-order valence-electron chi connectivity index (χ1n) is 6.28. The Bertz CT molecular complexity index is 451.